The van der Waals surface area contributed by atoms with Gasteiger partial charge in [-0.2, -0.15) is 0 Å². The minimum atomic E-state index is -0.726. The van der Waals surface area contributed by atoms with Gasteiger partial charge in [0.05, 0.1) is 12.7 Å². The molecule has 0 spiro atoms. The van der Waals surface area contributed by atoms with E-state index >= 15 is 0 Å². The molecule has 29 heavy (non-hydrogen) atoms. The molecule has 0 radical (unpaired) electrons. The molecule has 0 aromatic rings. The monoisotopic (exact) mass is 402 g/mol. The number of aliphatic hydroxyl groups is 2. The summed E-state index contributed by atoms with van der Waals surface area (Å²) in [5.74, 6) is -0.395. The lowest BCUT2D eigenvalue weighted by molar-refractivity contribution is -0.135. The summed E-state index contributed by atoms with van der Waals surface area (Å²) in [6.07, 6.45) is 12.9. The molecule has 1 atom stereocenters. The molecule has 0 amide bonds. The lowest BCUT2D eigenvalue weighted by Crippen LogP contribution is -2.20. The predicted molar refractivity (Wildman–Crippen MR) is 117 cm³/mol. The fraction of sp³-hybridized carbons (Fsp3) is 0.640. The van der Waals surface area contributed by atoms with E-state index in [2.05, 4.69) is 33.8 Å². The summed E-state index contributed by atoms with van der Waals surface area (Å²) in [6.45, 7) is 9.40. The minimum absolute atomic E-state index is 0.00560. The Morgan fingerprint density at radius 1 is 1.31 bits per heavy atom. The van der Waals surface area contributed by atoms with Crippen LogP contribution in [-0.4, -0.2) is 35.5 Å². The Balaban J connectivity index is 1.80. The Morgan fingerprint density at radius 3 is 2.69 bits per heavy atom. The van der Waals surface area contributed by atoms with Crippen molar-refractivity contribution in [3.63, 3.8) is 0 Å². The van der Waals surface area contributed by atoms with E-state index in [4.69, 9.17) is 4.74 Å². The van der Waals surface area contributed by atoms with Crippen LogP contribution in [0.15, 0.2) is 46.1 Å². The van der Waals surface area contributed by atoms with Crippen LogP contribution in [0, 0.1) is 5.41 Å². The summed E-state index contributed by atoms with van der Waals surface area (Å²) < 4.78 is 4.82. The number of rotatable bonds is 10. The molecule has 4 heteroatoms. The van der Waals surface area contributed by atoms with Crippen molar-refractivity contribution >= 4 is 5.97 Å². The Hall–Kier alpha value is -1.65. The first-order valence-electron chi connectivity index (χ1n) is 10.9. The van der Waals surface area contributed by atoms with Crippen molar-refractivity contribution in [1.29, 1.82) is 0 Å². The van der Waals surface area contributed by atoms with Crippen LogP contribution in [0.25, 0.3) is 0 Å². The first-order valence-corrected chi connectivity index (χ1v) is 10.9. The fourth-order valence-electron chi connectivity index (χ4n) is 4.41. The largest absolute Gasteiger partial charge is 0.458 e. The van der Waals surface area contributed by atoms with Crippen molar-refractivity contribution < 1.29 is 19.7 Å². The molecule has 0 aromatic carbocycles. The highest BCUT2D eigenvalue weighted by molar-refractivity contribution is 5.85. The SMILES string of the molecule is CC1=C(CC/C(C)=C/CC/C(=C/CC(O)C2=CC(=O)OC2)CO)C(C)(C)CCC1. The van der Waals surface area contributed by atoms with Gasteiger partial charge in [0.2, 0.25) is 0 Å². The third kappa shape index (κ3) is 7.27. The molecule has 0 fully saturated rings. The molecule has 0 saturated carbocycles. The number of carbonyl (C=O) groups excluding carboxylic acids is 1. The Kier molecular flexibility index (Phi) is 8.91. The van der Waals surface area contributed by atoms with E-state index in [1.54, 1.807) is 11.1 Å². The number of allylic oxidation sites excluding steroid dienone is 4. The second kappa shape index (κ2) is 10.9. The summed E-state index contributed by atoms with van der Waals surface area (Å²) in [4.78, 5) is 11.1. The van der Waals surface area contributed by atoms with E-state index in [0.29, 0.717) is 17.4 Å². The first kappa shape index (κ1) is 23.6. The molecule has 0 bridgehead atoms. The van der Waals surface area contributed by atoms with E-state index in [-0.39, 0.29) is 13.2 Å². The summed E-state index contributed by atoms with van der Waals surface area (Å²) >= 11 is 0. The smallest absolute Gasteiger partial charge is 0.331 e. The molecule has 2 rings (SSSR count). The van der Waals surface area contributed by atoms with Crippen molar-refractivity contribution in [3.8, 4) is 0 Å². The Bertz CT molecular complexity index is 706. The van der Waals surface area contributed by atoms with Crippen LogP contribution in [0.4, 0.5) is 0 Å². The van der Waals surface area contributed by atoms with Gasteiger partial charge in [0.15, 0.2) is 0 Å². The second-order valence-electron chi connectivity index (χ2n) is 9.18. The number of carbonyl (C=O) groups is 1. The quantitative estimate of drug-likeness (QED) is 0.391. The lowest BCUT2D eigenvalue weighted by Gasteiger charge is -2.35. The van der Waals surface area contributed by atoms with Gasteiger partial charge in [-0.15, -0.1) is 0 Å². The van der Waals surface area contributed by atoms with Gasteiger partial charge in [0.25, 0.3) is 0 Å². The molecule has 2 aliphatic rings. The lowest BCUT2D eigenvalue weighted by atomic mass is 9.71. The van der Waals surface area contributed by atoms with Gasteiger partial charge in [0.1, 0.15) is 6.61 Å². The molecule has 1 unspecified atom stereocenters. The maximum Gasteiger partial charge on any atom is 0.331 e. The molecular formula is C25H38O4. The standard InChI is InChI=1S/C25H38O4/c1-18(10-12-22-19(2)8-6-14-25(22,3)4)7-5-9-20(16-26)11-13-23(27)21-15-24(28)29-17-21/h7,11,15,23,26-27H,5-6,8-10,12-14,16-17H2,1-4H3/b18-7+,20-11-. The van der Waals surface area contributed by atoms with Gasteiger partial charge in [0, 0.05) is 11.6 Å². The highest BCUT2D eigenvalue weighted by Crippen LogP contribution is 2.42. The number of hydrogen-bond donors (Lipinski definition) is 2. The molecule has 1 aliphatic carbocycles. The summed E-state index contributed by atoms with van der Waals surface area (Å²) in [7, 11) is 0. The third-order valence-electron chi connectivity index (χ3n) is 6.36. The zero-order valence-electron chi connectivity index (χ0n) is 18.6. The second-order valence-corrected chi connectivity index (χ2v) is 9.18. The first-order chi connectivity index (χ1) is 13.7. The van der Waals surface area contributed by atoms with Crippen LogP contribution in [0.1, 0.15) is 79.1 Å². The van der Waals surface area contributed by atoms with Gasteiger partial charge in [-0.3, -0.25) is 0 Å². The molecule has 0 saturated heterocycles. The van der Waals surface area contributed by atoms with Crippen LogP contribution in [0.5, 0.6) is 0 Å². The molecular weight excluding hydrogens is 364 g/mol. The van der Waals surface area contributed by atoms with E-state index < -0.39 is 12.1 Å². The number of esters is 1. The normalized spacial score (nSPS) is 21.3. The van der Waals surface area contributed by atoms with Crippen LogP contribution >= 0.6 is 0 Å². The third-order valence-corrected chi connectivity index (χ3v) is 6.36. The van der Waals surface area contributed by atoms with Gasteiger partial charge in [-0.25, -0.2) is 4.79 Å². The fourth-order valence-corrected chi connectivity index (χ4v) is 4.41. The highest BCUT2D eigenvalue weighted by atomic mass is 16.5. The Morgan fingerprint density at radius 2 is 2.07 bits per heavy atom. The van der Waals surface area contributed by atoms with Gasteiger partial charge in [-0.05, 0) is 76.2 Å². The van der Waals surface area contributed by atoms with E-state index in [0.717, 1.165) is 31.3 Å². The van der Waals surface area contributed by atoms with Gasteiger partial charge < -0.3 is 14.9 Å². The van der Waals surface area contributed by atoms with Crippen molar-refractivity contribution in [1.82, 2.24) is 0 Å². The summed E-state index contributed by atoms with van der Waals surface area (Å²) in [5, 5.41) is 19.7. The number of ether oxygens (including phenoxy) is 1. The molecule has 0 aromatic heterocycles. The van der Waals surface area contributed by atoms with Crippen LogP contribution in [-0.2, 0) is 9.53 Å². The van der Waals surface area contributed by atoms with Crippen LogP contribution in [0.3, 0.4) is 0 Å². The molecule has 4 nitrogen and oxygen atoms in total. The number of hydrogen-bond acceptors (Lipinski definition) is 4. The van der Waals surface area contributed by atoms with Crippen molar-refractivity contribution in [3.05, 3.63) is 46.1 Å². The maximum absolute atomic E-state index is 11.1. The van der Waals surface area contributed by atoms with Gasteiger partial charge in [-0.1, -0.05) is 42.7 Å². The number of cyclic esters (lactones) is 1. The minimum Gasteiger partial charge on any atom is -0.458 e. The summed E-state index contributed by atoms with van der Waals surface area (Å²) in [5.41, 5.74) is 6.49. The van der Waals surface area contributed by atoms with Gasteiger partial charge >= 0.3 is 5.97 Å². The summed E-state index contributed by atoms with van der Waals surface area (Å²) in [6, 6.07) is 0. The van der Waals surface area contributed by atoms with Crippen molar-refractivity contribution in [2.45, 2.75) is 85.2 Å². The van der Waals surface area contributed by atoms with Crippen molar-refractivity contribution in [2.24, 2.45) is 5.41 Å². The predicted octanol–water partition coefficient (Wildman–Crippen LogP) is 5.17. The average molecular weight is 403 g/mol. The zero-order valence-corrected chi connectivity index (χ0v) is 18.6. The maximum atomic E-state index is 11.1. The molecule has 2 N–H and O–H groups in total. The molecule has 1 aliphatic heterocycles. The molecule has 1 heterocycles. The molecule has 162 valence electrons. The van der Waals surface area contributed by atoms with Crippen LogP contribution in [0.2, 0.25) is 0 Å². The highest BCUT2D eigenvalue weighted by Gasteiger charge is 2.27. The zero-order chi connectivity index (χ0) is 21.4. The van der Waals surface area contributed by atoms with E-state index in [1.807, 2.05) is 6.08 Å². The van der Waals surface area contributed by atoms with Crippen LogP contribution < -0.4 is 0 Å². The Labute approximate surface area is 176 Å². The van der Waals surface area contributed by atoms with Crippen molar-refractivity contribution in [2.75, 3.05) is 13.2 Å². The van der Waals surface area contributed by atoms with E-state index in [1.165, 1.54) is 30.9 Å². The topological polar surface area (TPSA) is 66.8 Å². The van der Waals surface area contributed by atoms with E-state index in [9.17, 15) is 15.0 Å². The number of aliphatic hydroxyl groups excluding tert-OH is 2. The average Bonchev–Trinajstić information content (AvgIpc) is 3.09.